The lowest BCUT2D eigenvalue weighted by atomic mass is 9.78. The number of amides is 1. The predicted octanol–water partition coefficient (Wildman–Crippen LogP) is 2.06. The Morgan fingerprint density at radius 1 is 1.48 bits per heavy atom. The highest BCUT2D eigenvalue weighted by Gasteiger charge is 2.52. The Kier molecular flexibility index (Phi) is 4.17. The fraction of sp³-hybridized carbons (Fsp3) is 0.706. The van der Waals surface area contributed by atoms with Crippen LogP contribution in [0.15, 0.2) is 12.1 Å². The average Bonchev–Trinajstić information content (AvgIpc) is 3.23. The Morgan fingerprint density at radius 2 is 2.39 bits per heavy atom. The van der Waals surface area contributed by atoms with E-state index < -0.39 is 0 Å². The van der Waals surface area contributed by atoms with E-state index in [9.17, 15) is 4.79 Å². The molecule has 5 nitrogen and oxygen atoms in total. The summed E-state index contributed by atoms with van der Waals surface area (Å²) < 4.78 is 5.75. The Bertz CT molecular complexity index is 584. The lowest BCUT2D eigenvalue weighted by Gasteiger charge is -2.28. The number of likely N-dealkylation sites (tertiary alicyclic amines) is 1. The Labute approximate surface area is 141 Å². The second kappa shape index (κ2) is 6.16. The van der Waals surface area contributed by atoms with Crippen molar-refractivity contribution in [3.05, 3.63) is 21.9 Å². The van der Waals surface area contributed by atoms with Crippen LogP contribution >= 0.6 is 11.3 Å². The molecule has 0 aliphatic carbocycles. The van der Waals surface area contributed by atoms with Gasteiger partial charge in [-0.25, -0.2) is 5.06 Å². The van der Waals surface area contributed by atoms with Crippen molar-refractivity contribution in [1.82, 2.24) is 9.96 Å². The first-order chi connectivity index (χ1) is 11.1. The molecule has 1 aromatic rings. The molecule has 23 heavy (non-hydrogen) atoms. The van der Waals surface area contributed by atoms with E-state index >= 15 is 0 Å². The maximum atomic E-state index is 12.5. The number of rotatable bonds is 4. The van der Waals surface area contributed by atoms with Gasteiger partial charge in [0.25, 0.3) is 0 Å². The highest BCUT2D eigenvalue weighted by atomic mass is 32.1. The summed E-state index contributed by atoms with van der Waals surface area (Å²) in [5.41, 5.74) is -0.0185. The molecule has 4 rings (SSSR count). The summed E-state index contributed by atoms with van der Waals surface area (Å²) in [6.45, 7) is 8.02. The van der Waals surface area contributed by atoms with Gasteiger partial charge in [-0.05, 0) is 25.5 Å². The van der Waals surface area contributed by atoms with Gasteiger partial charge in [0.15, 0.2) is 0 Å². The number of fused-ring (bicyclic) bond motifs is 1. The predicted molar refractivity (Wildman–Crippen MR) is 88.0 cm³/mol. The summed E-state index contributed by atoms with van der Waals surface area (Å²) in [5, 5.41) is 1.56. The van der Waals surface area contributed by atoms with Crippen LogP contribution in [-0.4, -0.2) is 55.3 Å². The molecule has 126 valence electrons. The highest BCUT2D eigenvalue weighted by molar-refractivity contribution is 7.11. The van der Waals surface area contributed by atoms with Crippen molar-refractivity contribution in [2.75, 3.05) is 39.5 Å². The van der Waals surface area contributed by atoms with Gasteiger partial charge in [-0.15, -0.1) is 11.3 Å². The number of nitrogens with zero attached hydrogens (tertiary/aromatic N) is 2. The number of carbonyl (C=O) groups is 1. The van der Waals surface area contributed by atoms with Crippen LogP contribution in [0.1, 0.15) is 22.6 Å². The molecule has 3 aliphatic rings. The topological polar surface area (TPSA) is 42.0 Å². The first-order valence-electron chi connectivity index (χ1n) is 8.43. The standard InChI is InChI=1S/C17H24N2O3S/c1-13-3-4-15(23-13)9-18-8-14-10-21-12-17(14,11-18)7-16(20)19-5-2-6-22-19/h3-4,14H,2,5-12H2,1H3/t14-,17+/m1/s1. The molecule has 0 spiro atoms. The SMILES string of the molecule is Cc1ccc(CN2C[C@@H]3COC[C@]3(CC(=O)N3CCCO3)C2)s1. The van der Waals surface area contributed by atoms with Crippen LogP contribution in [0.4, 0.5) is 0 Å². The fourth-order valence-electron chi connectivity index (χ4n) is 4.14. The lowest BCUT2D eigenvalue weighted by molar-refractivity contribution is -0.171. The van der Waals surface area contributed by atoms with Crippen LogP contribution in [0.2, 0.25) is 0 Å². The molecule has 0 radical (unpaired) electrons. The van der Waals surface area contributed by atoms with Gasteiger partial charge in [0.1, 0.15) is 0 Å². The Hall–Kier alpha value is -0.950. The van der Waals surface area contributed by atoms with Crippen LogP contribution in [-0.2, 0) is 20.9 Å². The summed E-state index contributed by atoms with van der Waals surface area (Å²) in [6.07, 6.45) is 1.50. The highest BCUT2D eigenvalue weighted by Crippen LogP contribution is 2.45. The molecule has 0 N–H and O–H groups in total. The van der Waals surface area contributed by atoms with Crippen LogP contribution in [0.5, 0.6) is 0 Å². The molecule has 2 atom stereocenters. The molecule has 1 amide bonds. The number of thiophene rings is 1. The van der Waals surface area contributed by atoms with Crippen molar-refractivity contribution >= 4 is 17.2 Å². The van der Waals surface area contributed by atoms with Crippen molar-refractivity contribution in [1.29, 1.82) is 0 Å². The molecule has 1 aromatic heterocycles. The van der Waals surface area contributed by atoms with Crippen molar-refractivity contribution in [3.63, 3.8) is 0 Å². The monoisotopic (exact) mass is 336 g/mol. The summed E-state index contributed by atoms with van der Waals surface area (Å²) in [6, 6.07) is 4.41. The van der Waals surface area contributed by atoms with Gasteiger partial charge >= 0.3 is 0 Å². The maximum Gasteiger partial charge on any atom is 0.246 e. The van der Waals surface area contributed by atoms with Gasteiger partial charge in [-0.1, -0.05) is 0 Å². The second-order valence-corrected chi connectivity index (χ2v) is 8.49. The normalized spacial score (nSPS) is 31.0. The fourth-order valence-corrected chi connectivity index (χ4v) is 5.07. The molecule has 3 aliphatic heterocycles. The average molecular weight is 336 g/mol. The first-order valence-corrected chi connectivity index (χ1v) is 9.25. The molecule has 4 heterocycles. The van der Waals surface area contributed by atoms with E-state index in [-0.39, 0.29) is 11.3 Å². The van der Waals surface area contributed by atoms with Crippen LogP contribution in [0.3, 0.4) is 0 Å². The number of carbonyl (C=O) groups excluding carboxylic acids is 1. The molecule has 0 aromatic carbocycles. The van der Waals surface area contributed by atoms with Gasteiger partial charge in [-0.2, -0.15) is 0 Å². The zero-order chi connectivity index (χ0) is 15.9. The van der Waals surface area contributed by atoms with Crippen LogP contribution < -0.4 is 0 Å². The van der Waals surface area contributed by atoms with E-state index in [2.05, 4.69) is 24.0 Å². The van der Waals surface area contributed by atoms with Crippen LogP contribution in [0, 0.1) is 18.3 Å². The minimum absolute atomic E-state index is 0.0185. The van der Waals surface area contributed by atoms with E-state index in [0.717, 1.165) is 39.2 Å². The molecule has 0 unspecified atom stereocenters. The van der Waals surface area contributed by atoms with Gasteiger partial charge in [0, 0.05) is 47.1 Å². The van der Waals surface area contributed by atoms with Crippen molar-refractivity contribution in [3.8, 4) is 0 Å². The minimum Gasteiger partial charge on any atom is -0.380 e. The summed E-state index contributed by atoms with van der Waals surface area (Å²) in [4.78, 5) is 23.2. The third-order valence-corrected chi connectivity index (χ3v) is 6.29. The zero-order valence-corrected chi connectivity index (χ0v) is 14.4. The smallest absolute Gasteiger partial charge is 0.246 e. The number of ether oxygens (including phenoxy) is 1. The molecular formula is C17H24N2O3S. The van der Waals surface area contributed by atoms with E-state index in [4.69, 9.17) is 9.57 Å². The van der Waals surface area contributed by atoms with Gasteiger partial charge in [0.05, 0.1) is 26.4 Å². The maximum absolute atomic E-state index is 12.5. The third kappa shape index (κ3) is 3.05. The number of hydrogen-bond acceptors (Lipinski definition) is 5. The number of hydroxylamine groups is 2. The number of aryl methyl sites for hydroxylation is 1. The quantitative estimate of drug-likeness (QED) is 0.844. The molecular weight excluding hydrogens is 312 g/mol. The Morgan fingerprint density at radius 3 is 3.13 bits per heavy atom. The molecule has 6 heteroatoms. The largest absolute Gasteiger partial charge is 0.380 e. The molecule has 3 fully saturated rings. The van der Waals surface area contributed by atoms with Crippen molar-refractivity contribution < 1.29 is 14.4 Å². The first kappa shape index (κ1) is 15.6. The van der Waals surface area contributed by atoms with Gasteiger partial charge in [-0.3, -0.25) is 14.5 Å². The summed E-state index contributed by atoms with van der Waals surface area (Å²) >= 11 is 1.87. The summed E-state index contributed by atoms with van der Waals surface area (Å²) in [7, 11) is 0. The van der Waals surface area contributed by atoms with E-state index in [0.29, 0.717) is 25.6 Å². The lowest BCUT2D eigenvalue weighted by Crippen LogP contribution is -2.38. The molecule has 3 saturated heterocycles. The summed E-state index contributed by atoms with van der Waals surface area (Å²) in [5.74, 6) is 0.599. The van der Waals surface area contributed by atoms with Crippen molar-refractivity contribution in [2.45, 2.75) is 26.3 Å². The van der Waals surface area contributed by atoms with E-state index in [1.54, 1.807) is 5.06 Å². The van der Waals surface area contributed by atoms with Gasteiger partial charge in [0.2, 0.25) is 5.91 Å². The second-order valence-electron chi connectivity index (χ2n) is 7.12. The van der Waals surface area contributed by atoms with Crippen molar-refractivity contribution in [2.24, 2.45) is 11.3 Å². The van der Waals surface area contributed by atoms with E-state index in [1.165, 1.54) is 9.75 Å². The molecule has 0 bridgehead atoms. The minimum atomic E-state index is -0.0185. The van der Waals surface area contributed by atoms with Gasteiger partial charge < -0.3 is 4.74 Å². The Balaban J connectivity index is 1.43. The third-order valence-electron chi connectivity index (χ3n) is 5.30. The number of hydrogen-bond donors (Lipinski definition) is 0. The van der Waals surface area contributed by atoms with E-state index in [1.807, 2.05) is 11.3 Å². The zero-order valence-electron chi connectivity index (χ0n) is 13.6. The molecule has 0 saturated carbocycles. The van der Waals surface area contributed by atoms with Crippen LogP contribution in [0.25, 0.3) is 0 Å².